The Morgan fingerprint density at radius 2 is 2.11 bits per heavy atom. The maximum atomic E-state index is 11.7. The first kappa shape index (κ1) is 15.4. The van der Waals surface area contributed by atoms with E-state index in [0.717, 1.165) is 6.42 Å². The molecule has 0 bridgehead atoms. The molecular weight excluding hydrogens is 272 g/mol. The number of rotatable bonds is 7. The van der Waals surface area contributed by atoms with Gasteiger partial charge in [-0.2, -0.15) is 0 Å². The molecule has 1 N–H and O–H groups in total. The predicted molar refractivity (Wildman–Crippen MR) is 71.5 cm³/mol. The normalized spacial score (nSPS) is 11.9. The van der Waals surface area contributed by atoms with Crippen molar-refractivity contribution in [2.45, 2.75) is 19.4 Å². The summed E-state index contributed by atoms with van der Waals surface area (Å²) in [4.78, 5) is 21.6. The molecule has 1 aromatic rings. The fraction of sp³-hybridized carbons (Fsp3) is 0.417. The third-order valence-electron chi connectivity index (χ3n) is 2.38. The molecule has 0 radical (unpaired) electrons. The van der Waals surface area contributed by atoms with Gasteiger partial charge in [-0.1, -0.05) is 0 Å². The van der Waals surface area contributed by atoms with Crippen LogP contribution in [0, 0.1) is 10.1 Å². The van der Waals surface area contributed by atoms with Crippen LogP contribution < -0.4 is 10.1 Å². The number of halogens is 1. The van der Waals surface area contributed by atoms with Gasteiger partial charge in [0.1, 0.15) is 11.8 Å². The van der Waals surface area contributed by atoms with Gasteiger partial charge < -0.3 is 10.1 Å². The zero-order valence-corrected chi connectivity index (χ0v) is 11.2. The van der Waals surface area contributed by atoms with Crippen LogP contribution in [-0.2, 0) is 4.79 Å². The van der Waals surface area contributed by atoms with Crippen molar-refractivity contribution < 1.29 is 14.5 Å². The van der Waals surface area contributed by atoms with E-state index in [4.69, 9.17) is 16.3 Å². The Kier molecular flexibility index (Phi) is 6.24. The van der Waals surface area contributed by atoms with Gasteiger partial charge in [0.15, 0.2) is 0 Å². The van der Waals surface area contributed by atoms with E-state index in [2.05, 4.69) is 5.32 Å². The van der Waals surface area contributed by atoms with Gasteiger partial charge in [0.05, 0.1) is 4.92 Å². The molecule has 0 aromatic heterocycles. The van der Waals surface area contributed by atoms with Crippen molar-refractivity contribution in [3.63, 3.8) is 0 Å². The summed E-state index contributed by atoms with van der Waals surface area (Å²) in [5.41, 5.74) is -0.0481. The molecule has 0 amide bonds. The third-order valence-corrected chi connectivity index (χ3v) is 2.65. The van der Waals surface area contributed by atoms with Crippen molar-refractivity contribution in [3.05, 3.63) is 34.4 Å². The van der Waals surface area contributed by atoms with Gasteiger partial charge in [0.2, 0.25) is 0 Å². The number of carbonyl (C=O) groups is 1. The van der Waals surface area contributed by atoms with Crippen LogP contribution in [-0.4, -0.2) is 29.4 Å². The predicted octanol–water partition coefficient (Wildman–Crippen LogP) is 2.11. The van der Waals surface area contributed by atoms with Gasteiger partial charge in [-0.15, -0.1) is 11.6 Å². The minimum absolute atomic E-state index is 0.0481. The topological polar surface area (TPSA) is 81.5 Å². The van der Waals surface area contributed by atoms with Crippen LogP contribution in [0.2, 0.25) is 0 Å². The van der Waals surface area contributed by atoms with Gasteiger partial charge in [-0.05, 0) is 32.0 Å². The molecule has 1 rings (SSSR count). The number of esters is 1. The highest BCUT2D eigenvalue weighted by Crippen LogP contribution is 2.17. The number of ether oxygens (including phenoxy) is 1. The van der Waals surface area contributed by atoms with Crippen molar-refractivity contribution in [2.75, 3.05) is 12.4 Å². The maximum absolute atomic E-state index is 11.7. The van der Waals surface area contributed by atoms with Crippen LogP contribution in [0.5, 0.6) is 5.75 Å². The highest BCUT2D eigenvalue weighted by Gasteiger charge is 2.15. The lowest BCUT2D eigenvalue weighted by Crippen LogP contribution is -2.37. The van der Waals surface area contributed by atoms with Gasteiger partial charge >= 0.3 is 5.97 Å². The second-order valence-electron chi connectivity index (χ2n) is 3.89. The number of nitro benzene ring substituents is 1. The number of nitrogens with zero attached hydrogens (tertiary/aromatic N) is 1. The minimum Gasteiger partial charge on any atom is -0.425 e. The Morgan fingerprint density at radius 3 is 2.63 bits per heavy atom. The van der Waals surface area contributed by atoms with Crippen LogP contribution in [0.1, 0.15) is 13.3 Å². The van der Waals surface area contributed by atoms with Crippen LogP contribution >= 0.6 is 11.6 Å². The quantitative estimate of drug-likeness (QED) is 0.207. The van der Waals surface area contributed by atoms with Gasteiger partial charge in [0.25, 0.3) is 5.69 Å². The van der Waals surface area contributed by atoms with E-state index in [9.17, 15) is 14.9 Å². The standard InChI is InChI=1S/C12H15ClN2O4/c1-9(14-8-2-7-13)12(16)19-11-5-3-10(4-6-11)15(17)18/h3-6,9,14H,2,7-8H2,1H3. The molecule has 6 nitrogen and oxygen atoms in total. The Morgan fingerprint density at radius 1 is 1.47 bits per heavy atom. The van der Waals surface area contributed by atoms with E-state index in [-0.39, 0.29) is 11.4 Å². The van der Waals surface area contributed by atoms with Crippen LogP contribution in [0.3, 0.4) is 0 Å². The molecule has 19 heavy (non-hydrogen) atoms. The first-order valence-electron chi connectivity index (χ1n) is 5.80. The number of hydrogen-bond acceptors (Lipinski definition) is 5. The zero-order chi connectivity index (χ0) is 14.3. The maximum Gasteiger partial charge on any atom is 0.328 e. The summed E-state index contributed by atoms with van der Waals surface area (Å²) in [5.74, 6) is 0.363. The van der Waals surface area contributed by atoms with E-state index in [1.165, 1.54) is 24.3 Å². The van der Waals surface area contributed by atoms with Crippen molar-refractivity contribution in [1.29, 1.82) is 0 Å². The number of hydrogen-bond donors (Lipinski definition) is 1. The molecule has 0 aliphatic carbocycles. The SMILES string of the molecule is CC(NCCCCl)C(=O)Oc1ccc([N+](=O)[O-])cc1. The number of benzene rings is 1. The minimum atomic E-state index is -0.512. The summed E-state index contributed by atoms with van der Waals surface area (Å²) in [5, 5.41) is 13.4. The zero-order valence-electron chi connectivity index (χ0n) is 10.5. The first-order valence-corrected chi connectivity index (χ1v) is 6.33. The second-order valence-corrected chi connectivity index (χ2v) is 4.27. The largest absolute Gasteiger partial charge is 0.425 e. The molecule has 0 saturated heterocycles. The van der Waals surface area contributed by atoms with E-state index in [1.54, 1.807) is 6.92 Å². The summed E-state index contributed by atoms with van der Waals surface area (Å²) >= 11 is 5.52. The van der Waals surface area contributed by atoms with Crippen LogP contribution in [0.4, 0.5) is 5.69 Å². The van der Waals surface area contributed by atoms with Crippen LogP contribution in [0.25, 0.3) is 0 Å². The molecule has 7 heteroatoms. The van der Waals surface area contributed by atoms with E-state index in [0.29, 0.717) is 12.4 Å². The van der Waals surface area contributed by atoms with Crippen molar-refractivity contribution in [3.8, 4) is 5.75 Å². The lowest BCUT2D eigenvalue weighted by molar-refractivity contribution is -0.384. The highest BCUT2D eigenvalue weighted by atomic mass is 35.5. The van der Waals surface area contributed by atoms with Crippen molar-refractivity contribution in [2.24, 2.45) is 0 Å². The molecule has 104 valence electrons. The lowest BCUT2D eigenvalue weighted by Gasteiger charge is -2.12. The fourth-order valence-corrected chi connectivity index (χ4v) is 1.44. The highest BCUT2D eigenvalue weighted by molar-refractivity contribution is 6.17. The van der Waals surface area contributed by atoms with E-state index in [1.807, 2.05) is 0 Å². The Labute approximate surface area is 115 Å². The van der Waals surface area contributed by atoms with Crippen molar-refractivity contribution >= 4 is 23.3 Å². The molecule has 0 spiro atoms. The summed E-state index contributed by atoms with van der Waals surface area (Å²) < 4.78 is 5.08. The number of non-ortho nitro benzene ring substituents is 1. The van der Waals surface area contributed by atoms with Crippen molar-refractivity contribution in [1.82, 2.24) is 5.32 Å². The van der Waals surface area contributed by atoms with Gasteiger partial charge in [0, 0.05) is 18.0 Å². The molecule has 0 aliphatic heterocycles. The summed E-state index contributed by atoms with van der Waals surface area (Å²) in [6, 6.07) is 4.89. The van der Waals surface area contributed by atoms with E-state index < -0.39 is 16.9 Å². The molecule has 1 atom stereocenters. The lowest BCUT2D eigenvalue weighted by atomic mass is 10.3. The summed E-state index contributed by atoms with van der Waals surface area (Å²) in [6.07, 6.45) is 0.761. The number of alkyl halides is 1. The average molecular weight is 287 g/mol. The number of carbonyl (C=O) groups excluding carboxylic acids is 1. The smallest absolute Gasteiger partial charge is 0.328 e. The number of nitro groups is 1. The summed E-state index contributed by atoms with van der Waals surface area (Å²) in [6.45, 7) is 2.31. The van der Waals surface area contributed by atoms with Crippen LogP contribution in [0.15, 0.2) is 24.3 Å². The monoisotopic (exact) mass is 286 g/mol. The van der Waals surface area contributed by atoms with Gasteiger partial charge in [-0.25, -0.2) is 4.79 Å². The van der Waals surface area contributed by atoms with E-state index >= 15 is 0 Å². The second kappa shape index (κ2) is 7.70. The summed E-state index contributed by atoms with van der Waals surface area (Å²) in [7, 11) is 0. The molecule has 0 saturated carbocycles. The molecule has 1 unspecified atom stereocenters. The van der Waals surface area contributed by atoms with Gasteiger partial charge in [-0.3, -0.25) is 10.1 Å². The molecule has 1 aromatic carbocycles. The Balaban J connectivity index is 2.49. The Bertz CT molecular complexity index is 436. The molecular formula is C12H15ClN2O4. The number of nitrogens with one attached hydrogen (secondary N) is 1. The average Bonchev–Trinajstić information content (AvgIpc) is 2.39. The molecule has 0 heterocycles. The molecule has 0 fully saturated rings. The Hall–Kier alpha value is -1.66. The third kappa shape index (κ3) is 5.23. The fourth-order valence-electron chi connectivity index (χ4n) is 1.31. The molecule has 0 aliphatic rings. The first-order chi connectivity index (χ1) is 9.04.